The van der Waals surface area contributed by atoms with E-state index < -0.39 is 47.4 Å². The van der Waals surface area contributed by atoms with E-state index in [9.17, 15) is 30.8 Å². The number of hydrogen-bond acceptors (Lipinski definition) is 5. The van der Waals surface area contributed by atoms with Crippen molar-refractivity contribution in [2.45, 2.75) is 75.1 Å². The van der Waals surface area contributed by atoms with Crippen LogP contribution in [-0.4, -0.2) is 52.0 Å². The molecule has 0 aromatic carbocycles. The normalized spacial score (nSPS) is 27.3. The van der Waals surface area contributed by atoms with E-state index in [4.69, 9.17) is 4.74 Å². The summed E-state index contributed by atoms with van der Waals surface area (Å²) in [7, 11) is -8.48. The van der Waals surface area contributed by atoms with Crippen molar-refractivity contribution in [3.63, 3.8) is 0 Å². The van der Waals surface area contributed by atoms with Crippen LogP contribution in [-0.2, 0) is 19.0 Å². The topological polar surface area (TPSA) is 72.8 Å². The Labute approximate surface area is 140 Å². The molecule has 0 aliphatic carbocycles. The molecular formula is C13H24F4O5SSi. The molecule has 3 atom stereocenters. The average molecular weight is 396 g/mol. The maximum atomic E-state index is 14.0. The van der Waals surface area contributed by atoms with Crippen molar-refractivity contribution < 1.29 is 39.7 Å². The Hall–Kier alpha value is -0.233. The van der Waals surface area contributed by atoms with Crippen LogP contribution in [0.4, 0.5) is 17.6 Å². The number of ether oxygens (including phenoxy) is 1. The van der Waals surface area contributed by atoms with Gasteiger partial charge in [-0.05, 0) is 31.0 Å². The molecule has 1 saturated heterocycles. The average Bonchev–Trinajstić information content (AvgIpc) is 2.36. The smallest absolute Gasteiger partial charge is 0.432 e. The van der Waals surface area contributed by atoms with Crippen molar-refractivity contribution in [3.05, 3.63) is 0 Å². The van der Waals surface area contributed by atoms with Gasteiger partial charge in [-0.3, -0.25) is 4.18 Å². The van der Waals surface area contributed by atoms with Crippen LogP contribution >= 0.6 is 0 Å². The fourth-order valence-corrected chi connectivity index (χ4v) is 3.61. The molecule has 0 amide bonds. The zero-order chi connectivity index (χ0) is 19.0. The van der Waals surface area contributed by atoms with Gasteiger partial charge in [0.05, 0.1) is 6.10 Å². The third-order valence-electron chi connectivity index (χ3n) is 4.68. The van der Waals surface area contributed by atoms with Crippen molar-refractivity contribution in [1.29, 1.82) is 0 Å². The Kier molecular flexibility index (Phi) is 6.52. The van der Waals surface area contributed by atoms with E-state index in [1.165, 1.54) is 0 Å². The van der Waals surface area contributed by atoms with Crippen LogP contribution in [0.15, 0.2) is 0 Å². The molecule has 0 radical (unpaired) electrons. The number of rotatable bonds is 6. The molecule has 0 saturated carbocycles. The molecule has 1 heterocycles. The SMILES string of the molecule is CC(C)(CC[C@H]1OCC[C@@H](F)[C@@H]1OS(=O)(=O)C(F)(F)F)[Si](C)(C)O. The third kappa shape index (κ3) is 5.13. The van der Waals surface area contributed by atoms with Gasteiger partial charge in [-0.1, -0.05) is 13.8 Å². The van der Waals surface area contributed by atoms with E-state index in [1.54, 1.807) is 26.9 Å². The van der Waals surface area contributed by atoms with Crippen molar-refractivity contribution >= 4 is 18.4 Å². The van der Waals surface area contributed by atoms with Gasteiger partial charge in [-0.15, -0.1) is 0 Å². The first-order valence-electron chi connectivity index (χ1n) is 7.56. The summed E-state index contributed by atoms with van der Waals surface area (Å²) in [6.45, 7) is 7.01. The lowest BCUT2D eigenvalue weighted by atomic mass is 9.96. The summed E-state index contributed by atoms with van der Waals surface area (Å²) in [5.41, 5.74) is -5.62. The van der Waals surface area contributed by atoms with Gasteiger partial charge >= 0.3 is 15.6 Å². The van der Waals surface area contributed by atoms with Crippen LogP contribution in [0.3, 0.4) is 0 Å². The van der Waals surface area contributed by atoms with E-state index in [-0.39, 0.29) is 19.4 Å². The molecule has 24 heavy (non-hydrogen) atoms. The Morgan fingerprint density at radius 2 is 1.83 bits per heavy atom. The van der Waals surface area contributed by atoms with E-state index in [2.05, 4.69) is 4.18 Å². The molecule has 0 unspecified atom stereocenters. The Morgan fingerprint density at radius 1 is 1.29 bits per heavy atom. The lowest BCUT2D eigenvalue weighted by Gasteiger charge is -2.39. The van der Waals surface area contributed by atoms with Crippen LogP contribution < -0.4 is 0 Å². The van der Waals surface area contributed by atoms with Crippen LogP contribution in [0.1, 0.15) is 33.1 Å². The van der Waals surface area contributed by atoms with E-state index in [0.29, 0.717) is 6.42 Å². The summed E-state index contributed by atoms with van der Waals surface area (Å²) in [5.74, 6) is 0. The fourth-order valence-electron chi connectivity index (χ4n) is 2.20. The Bertz CT molecular complexity index is 529. The lowest BCUT2D eigenvalue weighted by Crippen LogP contribution is -2.48. The van der Waals surface area contributed by atoms with Gasteiger partial charge in [0, 0.05) is 13.0 Å². The third-order valence-corrected chi connectivity index (χ3v) is 9.28. The predicted molar refractivity (Wildman–Crippen MR) is 82.1 cm³/mol. The van der Waals surface area contributed by atoms with Gasteiger partial charge in [0.15, 0.2) is 8.32 Å². The minimum atomic E-state index is -5.91. The quantitative estimate of drug-likeness (QED) is 0.323. The lowest BCUT2D eigenvalue weighted by molar-refractivity contribution is -0.115. The highest BCUT2D eigenvalue weighted by molar-refractivity contribution is 7.87. The second kappa shape index (κ2) is 7.18. The zero-order valence-corrected chi connectivity index (χ0v) is 15.9. The van der Waals surface area contributed by atoms with Crippen LogP contribution in [0.5, 0.6) is 0 Å². The maximum Gasteiger partial charge on any atom is 0.523 e. The molecule has 1 aliphatic rings. The molecule has 5 nitrogen and oxygen atoms in total. The van der Waals surface area contributed by atoms with Gasteiger partial charge in [-0.25, -0.2) is 4.39 Å². The molecule has 0 aromatic heterocycles. The van der Waals surface area contributed by atoms with Crippen LogP contribution in [0, 0.1) is 0 Å². The molecule has 0 aromatic rings. The molecule has 0 spiro atoms. The van der Waals surface area contributed by atoms with E-state index >= 15 is 0 Å². The van der Waals surface area contributed by atoms with Gasteiger partial charge in [0.2, 0.25) is 0 Å². The van der Waals surface area contributed by atoms with E-state index in [0.717, 1.165) is 0 Å². The summed E-state index contributed by atoms with van der Waals surface area (Å²) in [5, 5.41) is -0.507. The number of alkyl halides is 4. The number of hydrogen-bond donors (Lipinski definition) is 1. The summed E-state index contributed by atoms with van der Waals surface area (Å²) in [4.78, 5) is 10.2. The first kappa shape index (κ1) is 21.8. The summed E-state index contributed by atoms with van der Waals surface area (Å²) < 4.78 is 83.1. The second-order valence-corrected chi connectivity index (χ2v) is 13.2. The van der Waals surface area contributed by atoms with Crippen LogP contribution in [0.25, 0.3) is 0 Å². The Morgan fingerprint density at radius 3 is 2.29 bits per heavy atom. The van der Waals surface area contributed by atoms with Crippen molar-refractivity contribution in [2.24, 2.45) is 0 Å². The highest BCUT2D eigenvalue weighted by Crippen LogP contribution is 2.41. The molecule has 11 heteroatoms. The summed E-state index contributed by atoms with van der Waals surface area (Å²) in [6, 6.07) is 0. The molecule has 1 aliphatic heterocycles. The monoisotopic (exact) mass is 396 g/mol. The van der Waals surface area contributed by atoms with Crippen LogP contribution in [0.2, 0.25) is 18.1 Å². The summed E-state index contributed by atoms with van der Waals surface area (Å²) >= 11 is 0. The molecular weight excluding hydrogens is 372 g/mol. The first-order chi connectivity index (χ1) is 10.6. The van der Waals surface area contributed by atoms with Gasteiger partial charge in [0.1, 0.15) is 12.3 Å². The molecule has 0 bridgehead atoms. The molecule has 1 N–H and O–H groups in total. The highest BCUT2D eigenvalue weighted by atomic mass is 32.2. The molecule has 1 fully saturated rings. The number of halogens is 4. The zero-order valence-electron chi connectivity index (χ0n) is 14.1. The second-order valence-electron chi connectivity index (χ2n) is 7.16. The Balaban J connectivity index is 2.88. The highest BCUT2D eigenvalue weighted by Gasteiger charge is 2.51. The molecule has 1 rings (SSSR count). The van der Waals surface area contributed by atoms with Crippen molar-refractivity contribution in [1.82, 2.24) is 0 Å². The first-order valence-corrected chi connectivity index (χ1v) is 11.9. The van der Waals surface area contributed by atoms with Gasteiger partial charge < -0.3 is 9.53 Å². The fraction of sp³-hybridized carbons (Fsp3) is 1.00. The van der Waals surface area contributed by atoms with Crippen molar-refractivity contribution in [3.8, 4) is 0 Å². The summed E-state index contributed by atoms with van der Waals surface area (Å²) in [6.07, 6.45) is -4.65. The largest absolute Gasteiger partial charge is 0.523 e. The van der Waals surface area contributed by atoms with Gasteiger partial charge in [0.25, 0.3) is 0 Å². The minimum Gasteiger partial charge on any atom is -0.432 e. The minimum absolute atomic E-state index is 0.0296. The van der Waals surface area contributed by atoms with Gasteiger partial charge in [-0.2, -0.15) is 21.6 Å². The van der Waals surface area contributed by atoms with Crippen molar-refractivity contribution in [2.75, 3.05) is 6.61 Å². The molecule has 144 valence electrons. The predicted octanol–water partition coefficient (Wildman–Crippen LogP) is 3.11. The maximum absolute atomic E-state index is 14.0. The standard InChI is InChI=1S/C13H24F4O5SSi/c1-12(2,24(3,4)20)7-5-10-11(9(14)6-8-21-10)22-23(18,19)13(15,16)17/h9-11,20H,5-8H2,1-4H3/t9-,10-,11+/m1/s1. The van der Waals surface area contributed by atoms with E-state index in [1.807, 2.05) is 0 Å².